The first kappa shape index (κ1) is 22.0. The molecule has 0 aliphatic heterocycles. The number of nitrogens with two attached hydrogens (primary N) is 1. The van der Waals surface area contributed by atoms with Crippen LogP contribution in [0.15, 0.2) is 34.5 Å². The summed E-state index contributed by atoms with van der Waals surface area (Å²) in [7, 11) is -0.0127. The van der Waals surface area contributed by atoms with Gasteiger partial charge in [0, 0.05) is 11.4 Å². The molecule has 0 aromatic carbocycles. The smallest absolute Gasteiger partial charge is 0.262 e. The monoisotopic (exact) mass is 450 g/mol. The van der Waals surface area contributed by atoms with Crippen molar-refractivity contribution in [3.8, 4) is 0 Å². The molecule has 0 fully saturated rings. The van der Waals surface area contributed by atoms with E-state index in [1.54, 1.807) is 6.92 Å². The summed E-state index contributed by atoms with van der Waals surface area (Å²) in [6.07, 6.45) is 3.47. The third-order valence-electron chi connectivity index (χ3n) is 4.37. The molecule has 3 aromatic rings. The molecule has 30 heavy (non-hydrogen) atoms. The molecule has 0 saturated carbocycles. The van der Waals surface area contributed by atoms with E-state index in [2.05, 4.69) is 15.3 Å². The summed E-state index contributed by atoms with van der Waals surface area (Å²) in [4.78, 5) is 37.2. The summed E-state index contributed by atoms with van der Waals surface area (Å²) in [5.41, 5.74) is 0.266. The fourth-order valence-electron chi connectivity index (χ4n) is 2.94. The highest BCUT2D eigenvalue weighted by Crippen LogP contribution is 2.27. The number of thiophene rings is 1. The van der Waals surface area contributed by atoms with Crippen molar-refractivity contribution in [1.29, 1.82) is 0 Å². The fraction of sp³-hybridized carbons (Fsp3) is 0.333. The Balaban J connectivity index is 1.91. The number of amides is 1. The molecular formula is C18H22N6O4S2. The first-order chi connectivity index (χ1) is 14.1. The number of anilines is 1. The predicted molar refractivity (Wildman–Crippen MR) is 115 cm³/mol. The zero-order chi connectivity index (χ0) is 22.1. The molecule has 0 unspecified atom stereocenters. The van der Waals surface area contributed by atoms with E-state index in [9.17, 15) is 18.0 Å². The number of hydrogen-bond donors (Lipinski definition) is 2. The zero-order valence-corrected chi connectivity index (χ0v) is 18.4. The highest BCUT2D eigenvalue weighted by atomic mass is 32.2. The molecule has 0 spiro atoms. The topological polar surface area (TPSA) is 140 Å². The van der Waals surface area contributed by atoms with E-state index in [1.165, 1.54) is 40.6 Å². The van der Waals surface area contributed by atoms with Crippen LogP contribution in [0.2, 0.25) is 0 Å². The number of nitrogens with zero attached hydrogens (tertiary/aromatic N) is 4. The largest absolute Gasteiger partial charge is 0.321 e. The van der Waals surface area contributed by atoms with Crippen LogP contribution in [-0.2, 0) is 16.6 Å². The second-order valence-electron chi connectivity index (χ2n) is 7.00. The maximum Gasteiger partial charge on any atom is 0.262 e. The van der Waals surface area contributed by atoms with Crippen molar-refractivity contribution in [3.63, 3.8) is 0 Å². The third-order valence-corrected chi connectivity index (χ3v) is 6.21. The summed E-state index contributed by atoms with van der Waals surface area (Å²) in [5, 5.41) is 7.65. The number of aryl methyl sites for hydroxylation is 2. The molecule has 0 bridgehead atoms. The number of primary sulfonamides is 1. The molecule has 0 aliphatic rings. The number of pyridine rings is 1. The van der Waals surface area contributed by atoms with Gasteiger partial charge in [-0.25, -0.2) is 23.5 Å². The lowest BCUT2D eigenvalue weighted by molar-refractivity contribution is 0.102. The molecule has 3 N–H and O–H groups in total. The van der Waals surface area contributed by atoms with Crippen LogP contribution in [0.4, 0.5) is 5.69 Å². The van der Waals surface area contributed by atoms with Gasteiger partial charge in [0.05, 0.1) is 29.2 Å². The summed E-state index contributed by atoms with van der Waals surface area (Å²) in [6, 6.07) is 2.58. The maximum absolute atomic E-state index is 13.0. The minimum absolute atomic E-state index is 0.255. The van der Waals surface area contributed by atoms with Crippen LogP contribution < -0.4 is 16.0 Å². The Morgan fingerprint density at radius 1 is 1.30 bits per heavy atom. The second-order valence-corrected chi connectivity index (χ2v) is 9.71. The average molecular weight is 451 g/mol. The van der Waals surface area contributed by atoms with Gasteiger partial charge in [-0.2, -0.15) is 0 Å². The molecule has 0 atom stereocenters. The molecule has 3 aromatic heterocycles. The van der Waals surface area contributed by atoms with Gasteiger partial charge >= 0.3 is 0 Å². The Kier molecular flexibility index (Phi) is 6.31. The molecule has 3 heterocycles. The lowest BCUT2D eigenvalue weighted by atomic mass is 10.1. The summed E-state index contributed by atoms with van der Waals surface area (Å²) in [6.45, 7) is 3.07. The first-order valence-electron chi connectivity index (χ1n) is 9.01. The van der Waals surface area contributed by atoms with Crippen molar-refractivity contribution in [1.82, 2.24) is 19.4 Å². The van der Waals surface area contributed by atoms with E-state index >= 15 is 0 Å². The highest BCUT2D eigenvalue weighted by molar-refractivity contribution is 7.89. The van der Waals surface area contributed by atoms with Gasteiger partial charge in [0.2, 0.25) is 0 Å². The van der Waals surface area contributed by atoms with E-state index < -0.39 is 15.9 Å². The van der Waals surface area contributed by atoms with Crippen molar-refractivity contribution in [2.75, 3.05) is 26.0 Å². The number of carbonyl (C=O) groups is 1. The number of fused-ring (bicyclic) bond motifs is 1. The number of sulfonamides is 1. The molecule has 12 heteroatoms. The number of rotatable bonds is 7. The van der Waals surface area contributed by atoms with Gasteiger partial charge in [0.15, 0.2) is 5.03 Å². The Bertz CT molecular complexity index is 1250. The van der Waals surface area contributed by atoms with Crippen molar-refractivity contribution < 1.29 is 13.2 Å². The van der Waals surface area contributed by atoms with Gasteiger partial charge in [-0.05, 0) is 46.1 Å². The molecule has 3 rings (SSSR count). The lowest BCUT2D eigenvalue weighted by Gasteiger charge is -2.10. The Hall–Kier alpha value is -2.67. The summed E-state index contributed by atoms with van der Waals surface area (Å²) >= 11 is 1.27. The van der Waals surface area contributed by atoms with Crippen LogP contribution in [0.3, 0.4) is 0 Å². The second kappa shape index (κ2) is 8.60. The Labute approximate surface area is 177 Å². The van der Waals surface area contributed by atoms with Crippen LogP contribution in [0.5, 0.6) is 0 Å². The van der Waals surface area contributed by atoms with Crippen molar-refractivity contribution in [2.45, 2.75) is 24.9 Å². The molecular weight excluding hydrogens is 428 g/mol. The highest BCUT2D eigenvalue weighted by Gasteiger charge is 2.21. The number of aromatic nitrogens is 3. The van der Waals surface area contributed by atoms with E-state index in [0.29, 0.717) is 16.3 Å². The molecule has 160 valence electrons. The van der Waals surface area contributed by atoms with Gasteiger partial charge in [-0.3, -0.25) is 14.2 Å². The van der Waals surface area contributed by atoms with Crippen LogP contribution in [0.1, 0.15) is 21.7 Å². The SMILES string of the molecule is Cc1sc2ncn(CCCN(C)C)c(=O)c2c1C(=O)Nc1ccc(S(N)(=O)=O)nc1. The quantitative estimate of drug-likeness (QED) is 0.547. The molecule has 0 saturated heterocycles. The predicted octanol–water partition coefficient (Wildman–Crippen LogP) is 1.01. The van der Waals surface area contributed by atoms with Gasteiger partial charge in [0.25, 0.3) is 21.5 Å². The summed E-state index contributed by atoms with van der Waals surface area (Å²) in [5.74, 6) is -0.492. The van der Waals surface area contributed by atoms with Crippen LogP contribution in [0.25, 0.3) is 10.2 Å². The normalized spacial score (nSPS) is 11.9. The lowest BCUT2D eigenvalue weighted by Crippen LogP contribution is -2.24. The average Bonchev–Trinajstić information content (AvgIpc) is 3.00. The summed E-state index contributed by atoms with van der Waals surface area (Å²) < 4.78 is 24.1. The van der Waals surface area contributed by atoms with E-state index in [0.717, 1.165) is 13.0 Å². The van der Waals surface area contributed by atoms with Crippen molar-refractivity contribution >= 4 is 43.2 Å². The zero-order valence-electron chi connectivity index (χ0n) is 16.7. The van der Waals surface area contributed by atoms with Crippen LogP contribution in [0, 0.1) is 6.92 Å². The molecule has 1 amide bonds. The standard InChI is InChI=1S/C18H22N6O4S2/c1-11-14(16(25)22-12-5-6-13(20-9-12)30(19,27)28)15-17(29-11)21-10-24(18(15)26)8-4-7-23(2)3/h5-6,9-10H,4,7-8H2,1-3H3,(H,22,25)(H2,19,27,28). The van der Waals surface area contributed by atoms with E-state index in [4.69, 9.17) is 5.14 Å². The van der Waals surface area contributed by atoms with Crippen LogP contribution in [-0.4, -0.2) is 54.4 Å². The van der Waals surface area contributed by atoms with Crippen LogP contribution >= 0.6 is 11.3 Å². The first-order valence-corrected chi connectivity index (χ1v) is 11.4. The van der Waals surface area contributed by atoms with Gasteiger partial charge < -0.3 is 10.2 Å². The van der Waals surface area contributed by atoms with Gasteiger partial charge in [-0.15, -0.1) is 11.3 Å². The molecule has 0 aliphatic carbocycles. The fourth-order valence-corrected chi connectivity index (χ4v) is 4.38. The molecule has 0 radical (unpaired) electrons. The number of nitrogens with one attached hydrogen (secondary N) is 1. The number of carbonyl (C=O) groups excluding carboxylic acids is 1. The minimum Gasteiger partial charge on any atom is -0.321 e. The Morgan fingerprint density at radius 3 is 2.63 bits per heavy atom. The number of hydrogen-bond acceptors (Lipinski definition) is 8. The maximum atomic E-state index is 13.0. The third kappa shape index (κ3) is 4.73. The van der Waals surface area contributed by atoms with E-state index in [1.807, 2.05) is 19.0 Å². The van der Waals surface area contributed by atoms with Crippen molar-refractivity contribution in [2.24, 2.45) is 5.14 Å². The Morgan fingerprint density at radius 2 is 2.03 bits per heavy atom. The van der Waals surface area contributed by atoms with Gasteiger partial charge in [-0.1, -0.05) is 0 Å². The van der Waals surface area contributed by atoms with Gasteiger partial charge in [0.1, 0.15) is 4.83 Å². The van der Waals surface area contributed by atoms with E-state index in [-0.39, 0.29) is 27.2 Å². The van der Waals surface area contributed by atoms with Crippen molar-refractivity contribution in [3.05, 3.63) is 45.5 Å². The molecule has 10 nitrogen and oxygen atoms in total. The minimum atomic E-state index is -3.93.